The Morgan fingerprint density at radius 2 is 0.800 bits per heavy atom. The SMILES string of the molecule is CC(C)=CCC/C(C)=C/COC(=O)CCCCCCCCC(=O)OCC(C[N+](C)(C)C)OC(=O)CCCCCCCCC(=O)OC/C=C(\C)CCC=C(C)C. The highest BCUT2D eigenvalue weighted by molar-refractivity contribution is 5.70. The Morgan fingerprint density at radius 1 is 0.455 bits per heavy atom. The number of esters is 4. The van der Waals surface area contributed by atoms with Gasteiger partial charge in [0.1, 0.15) is 26.4 Å². The predicted molar refractivity (Wildman–Crippen MR) is 224 cm³/mol. The van der Waals surface area contributed by atoms with Crippen molar-refractivity contribution in [2.75, 3.05) is 47.5 Å². The average molecular weight is 775 g/mol. The lowest BCUT2D eigenvalue weighted by molar-refractivity contribution is -0.873. The van der Waals surface area contributed by atoms with E-state index in [4.69, 9.17) is 18.9 Å². The summed E-state index contributed by atoms with van der Waals surface area (Å²) in [4.78, 5) is 49.1. The van der Waals surface area contributed by atoms with Crippen molar-refractivity contribution in [3.8, 4) is 0 Å². The van der Waals surface area contributed by atoms with Gasteiger partial charge in [-0.1, -0.05) is 85.8 Å². The number of rotatable bonds is 33. The van der Waals surface area contributed by atoms with Gasteiger partial charge in [0.2, 0.25) is 0 Å². The van der Waals surface area contributed by atoms with Crippen LogP contribution >= 0.6 is 0 Å². The number of carbonyl (C=O) groups excluding carboxylic acids is 4. The van der Waals surface area contributed by atoms with Gasteiger partial charge in [0.15, 0.2) is 6.10 Å². The summed E-state index contributed by atoms with van der Waals surface area (Å²) in [5, 5.41) is 0. The monoisotopic (exact) mass is 775 g/mol. The molecule has 0 heterocycles. The number of hydrogen-bond donors (Lipinski definition) is 0. The van der Waals surface area contributed by atoms with Gasteiger partial charge in [-0.05, 0) is 105 Å². The smallest absolute Gasteiger partial charge is 0.306 e. The molecule has 9 nitrogen and oxygen atoms in total. The van der Waals surface area contributed by atoms with Crippen LogP contribution in [0.25, 0.3) is 0 Å². The highest BCUT2D eigenvalue weighted by Gasteiger charge is 2.24. The molecule has 316 valence electrons. The first-order valence-electron chi connectivity index (χ1n) is 21.1. The largest absolute Gasteiger partial charge is 0.461 e. The van der Waals surface area contributed by atoms with Gasteiger partial charge < -0.3 is 23.4 Å². The molecule has 0 fully saturated rings. The molecular weight excluding hydrogens is 695 g/mol. The molecule has 0 saturated carbocycles. The van der Waals surface area contributed by atoms with E-state index in [1.165, 1.54) is 22.3 Å². The minimum atomic E-state index is -0.489. The summed E-state index contributed by atoms with van der Waals surface area (Å²) in [6.45, 7) is 13.8. The Kier molecular flexibility index (Phi) is 31.1. The van der Waals surface area contributed by atoms with E-state index >= 15 is 0 Å². The van der Waals surface area contributed by atoms with Crippen molar-refractivity contribution >= 4 is 23.9 Å². The molecule has 1 unspecified atom stereocenters. The second-order valence-corrected chi connectivity index (χ2v) is 16.6. The van der Waals surface area contributed by atoms with E-state index in [1.54, 1.807) is 0 Å². The number of quaternary nitrogens is 1. The summed E-state index contributed by atoms with van der Waals surface area (Å²) in [6, 6.07) is 0. The maximum Gasteiger partial charge on any atom is 0.306 e. The Labute approximate surface area is 335 Å². The Hall–Kier alpha value is -3.20. The average Bonchev–Trinajstić information content (AvgIpc) is 3.08. The lowest BCUT2D eigenvalue weighted by Gasteiger charge is -2.28. The molecule has 0 radical (unpaired) electrons. The molecular formula is C46H80NO8+. The summed E-state index contributed by atoms with van der Waals surface area (Å²) in [6.07, 6.45) is 24.4. The highest BCUT2D eigenvalue weighted by Crippen LogP contribution is 2.14. The van der Waals surface area contributed by atoms with Gasteiger partial charge in [-0.15, -0.1) is 0 Å². The number of carbonyl (C=O) groups is 4. The third-order valence-corrected chi connectivity index (χ3v) is 9.04. The van der Waals surface area contributed by atoms with E-state index in [9.17, 15) is 19.2 Å². The van der Waals surface area contributed by atoms with Crippen molar-refractivity contribution in [3.05, 3.63) is 46.6 Å². The number of unbranched alkanes of at least 4 members (excludes halogenated alkanes) is 10. The van der Waals surface area contributed by atoms with Crippen LogP contribution in [0.2, 0.25) is 0 Å². The zero-order valence-electron chi connectivity index (χ0n) is 36.6. The summed E-state index contributed by atoms with van der Waals surface area (Å²) in [5.74, 6) is -0.822. The predicted octanol–water partition coefficient (Wildman–Crippen LogP) is 10.9. The molecule has 0 aliphatic carbocycles. The van der Waals surface area contributed by atoms with Gasteiger partial charge in [0.25, 0.3) is 0 Å². The van der Waals surface area contributed by atoms with Gasteiger partial charge in [-0.3, -0.25) is 19.2 Å². The van der Waals surface area contributed by atoms with Crippen LogP contribution in [0.4, 0.5) is 0 Å². The van der Waals surface area contributed by atoms with Crippen molar-refractivity contribution in [3.63, 3.8) is 0 Å². The van der Waals surface area contributed by atoms with Crippen LogP contribution in [0.1, 0.15) is 170 Å². The maximum atomic E-state index is 12.6. The molecule has 0 rings (SSSR count). The van der Waals surface area contributed by atoms with E-state index in [0.29, 0.717) is 49.9 Å². The quantitative estimate of drug-likeness (QED) is 0.0213. The van der Waals surface area contributed by atoms with Crippen molar-refractivity contribution in [2.45, 2.75) is 176 Å². The molecule has 0 aromatic rings. The first-order valence-corrected chi connectivity index (χ1v) is 21.1. The van der Waals surface area contributed by atoms with Crippen LogP contribution in [-0.4, -0.2) is 82.0 Å². The summed E-state index contributed by atoms with van der Waals surface area (Å²) >= 11 is 0. The van der Waals surface area contributed by atoms with Crippen LogP contribution in [0.5, 0.6) is 0 Å². The Morgan fingerprint density at radius 3 is 1.16 bits per heavy atom. The second-order valence-electron chi connectivity index (χ2n) is 16.6. The second kappa shape index (κ2) is 33.0. The fourth-order valence-corrected chi connectivity index (χ4v) is 5.81. The van der Waals surface area contributed by atoms with Gasteiger partial charge in [-0.25, -0.2) is 0 Å². The Bertz CT molecular complexity index is 1200. The maximum absolute atomic E-state index is 12.6. The molecule has 9 heteroatoms. The summed E-state index contributed by atoms with van der Waals surface area (Å²) in [7, 11) is 6.06. The third kappa shape index (κ3) is 37.5. The molecule has 0 aromatic heterocycles. The number of nitrogens with zero attached hydrogens (tertiary/aromatic N) is 1. The van der Waals surface area contributed by atoms with E-state index in [2.05, 4.69) is 53.7 Å². The van der Waals surface area contributed by atoms with Crippen molar-refractivity contribution < 1.29 is 42.6 Å². The number of allylic oxidation sites excluding steroid dienone is 6. The van der Waals surface area contributed by atoms with Crippen LogP contribution < -0.4 is 0 Å². The molecule has 0 N–H and O–H groups in total. The molecule has 0 aliphatic heterocycles. The van der Waals surface area contributed by atoms with E-state index in [1.807, 2.05) is 33.3 Å². The fraction of sp³-hybridized carbons (Fsp3) is 0.739. The van der Waals surface area contributed by atoms with Gasteiger partial charge in [0, 0.05) is 25.7 Å². The van der Waals surface area contributed by atoms with Crippen LogP contribution in [0.3, 0.4) is 0 Å². The standard InChI is InChI=1S/C46H80NO8/c1-38(2)24-22-26-40(5)32-34-52-43(48)28-18-14-10-11-16-20-30-45(50)54-37-42(36-47(7,8)9)55-46(51)31-21-17-13-12-15-19-29-44(49)53-35-33-41(6)27-23-25-39(3)4/h24-25,32-33,42H,10-23,26-31,34-37H2,1-9H3/q+1/b40-32+,41-33+. The zero-order valence-corrected chi connectivity index (χ0v) is 36.6. The molecule has 0 spiro atoms. The lowest BCUT2D eigenvalue weighted by atomic mass is 10.1. The number of hydrogen-bond acceptors (Lipinski definition) is 8. The normalized spacial score (nSPS) is 12.5. The lowest BCUT2D eigenvalue weighted by Crippen LogP contribution is -2.45. The topological polar surface area (TPSA) is 105 Å². The number of ether oxygens (including phenoxy) is 4. The summed E-state index contributed by atoms with van der Waals surface area (Å²) < 4.78 is 22.5. The fourth-order valence-electron chi connectivity index (χ4n) is 5.81. The first kappa shape index (κ1) is 51.8. The van der Waals surface area contributed by atoms with Gasteiger partial charge in [-0.2, -0.15) is 0 Å². The molecule has 0 bridgehead atoms. The van der Waals surface area contributed by atoms with Gasteiger partial charge in [0.05, 0.1) is 21.1 Å². The highest BCUT2D eigenvalue weighted by atomic mass is 16.6. The molecule has 0 amide bonds. The molecule has 0 saturated heterocycles. The zero-order chi connectivity index (χ0) is 41.3. The van der Waals surface area contributed by atoms with E-state index < -0.39 is 6.10 Å². The van der Waals surface area contributed by atoms with Crippen molar-refractivity contribution in [1.82, 2.24) is 0 Å². The van der Waals surface area contributed by atoms with Crippen LogP contribution in [0.15, 0.2) is 46.6 Å². The van der Waals surface area contributed by atoms with Crippen molar-refractivity contribution in [1.29, 1.82) is 0 Å². The van der Waals surface area contributed by atoms with E-state index in [0.717, 1.165) is 103 Å². The van der Waals surface area contributed by atoms with Crippen molar-refractivity contribution in [2.24, 2.45) is 0 Å². The van der Waals surface area contributed by atoms with Crippen LogP contribution in [0, 0.1) is 0 Å². The Balaban J connectivity index is 4.06. The first-order chi connectivity index (χ1) is 26.1. The molecule has 1 atom stereocenters. The number of likely N-dealkylation sites (N-methyl/N-ethyl adjacent to an activating group) is 1. The van der Waals surface area contributed by atoms with E-state index in [-0.39, 0.29) is 30.5 Å². The molecule has 0 aliphatic rings. The molecule has 0 aromatic carbocycles. The van der Waals surface area contributed by atoms with Gasteiger partial charge >= 0.3 is 23.9 Å². The molecule has 55 heavy (non-hydrogen) atoms. The minimum absolute atomic E-state index is 0.0655. The summed E-state index contributed by atoms with van der Waals surface area (Å²) in [5.41, 5.74) is 5.11. The third-order valence-electron chi connectivity index (χ3n) is 9.04. The van der Waals surface area contributed by atoms with Crippen LogP contribution in [-0.2, 0) is 38.1 Å². The minimum Gasteiger partial charge on any atom is -0.461 e.